The summed E-state index contributed by atoms with van der Waals surface area (Å²) in [5.74, 6) is -0.751. The van der Waals surface area contributed by atoms with E-state index < -0.39 is 41.6 Å². The van der Waals surface area contributed by atoms with E-state index in [4.69, 9.17) is 34.0 Å². The molecular formula is C57H63BBrF3N8O7. The minimum atomic E-state index is -0.758. The van der Waals surface area contributed by atoms with Crippen LogP contribution in [0.2, 0.25) is 0 Å². The number of rotatable bonds is 10. The summed E-state index contributed by atoms with van der Waals surface area (Å²) in [4.78, 5) is 25.2. The lowest BCUT2D eigenvalue weighted by Gasteiger charge is -2.32. The molecule has 0 spiro atoms. The molecule has 20 heteroatoms. The third-order valence-electron chi connectivity index (χ3n) is 12.8. The number of benzene rings is 3. The maximum absolute atomic E-state index is 14.9. The van der Waals surface area contributed by atoms with Crippen molar-refractivity contribution in [1.82, 2.24) is 33.5 Å². The first-order chi connectivity index (χ1) is 36.6. The molecule has 1 amide bonds. The summed E-state index contributed by atoms with van der Waals surface area (Å²) in [7, 11) is 3.54. The number of amides is 1. The van der Waals surface area contributed by atoms with Crippen molar-refractivity contribution in [2.75, 3.05) is 21.3 Å². The molecule has 3 N–H and O–H groups in total. The fourth-order valence-electron chi connectivity index (χ4n) is 8.19. The predicted molar refractivity (Wildman–Crippen MR) is 296 cm³/mol. The van der Waals surface area contributed by atoms with Gasteiger partial charge in [-0.1, -0.05) is 31.2 Å². The number of imidazole rings is 3. The number of pyridine rings is 3. The number of nitrogens with zero attached hydrogens (tertiary/aromatic N) is 6. The van der Waals surface area contributed by atoms with Crippen LogP contribution in [0.3, 0.4) is 0 Å². The van der Waals surface area contributed by atoms with Crippen LogP contribution in [0.5, 0.6) is 17.2 Å². The number of nitrogens with two attached hydrogens (primary N) is 1. The van der Waals surface area contributed by atoms with E-state index in [1.165, 1.54) is 27.4 Å². The highest BCUT2D eigenvalue weighted by molar-refractivity contribution is 9.10. The Morgan fingerprint density at radius 1 is 0.649 bits per heavy atom. The molecule has 0 atom stereocenters. The van der Waals surface area contributed by atoms with E-state index in [0.29, 0.717) is 34.3 Å². The number of alkyl carbamates (subject to hydrolysis) is 1. The molecule has 0 radical (unpaired) electrons. The third kappa shape index (κ3) is 13.2. The Morgan fingerprint density at radius 2 is 1.08 bits per heavy atom. The van der Waals surface area contributed by atoms with Crippen molar-refractivity contribution in [2.24, 2.45) is 5.73 Å². The van der Waals surface area contributed by atoms with Gasteiger partial charge in [-0.05, 0) is 143 Å². The van der Waals surface area contributed by atoms with Gasteiger partial charge in [0.05, 0.1) is 43.9 Å². The quantitative estimate of drug-likeness (QED) is 0.125. The zero-order valence-corrected chi connectivity index (χ0v) is 46.5. The predicted octanol–water partition coefficient (Wildman–Crippen LogP) is 11.6. The molecular weight excluding hydrogens is 1060 g/mol. The van der Waals surface area contributed by atoms with Gasteiger partial charge in [0.1, 0.15) is 27.1 Å². The lowest BCUT2D eigenvalue weighted by molar-refractivity contribution is 0.00578. The first-order valence-electron chi connectivity index (χ1n) is 24.7. The van der Waals surface area contributed by atoms with Gasteiger partial charge in [0.15, 0.2) is 34.7 Å². The Kier molecular flexibility index (Phi) is 18.1. The number of fused-ring (bicyclic) bond motifs is 3. The summed E-state index contributed by atoms with van der Waals surface area (Å²) in [5.41, 5.74) is 11.3. The number of ether oxygens (including phenoxy) is 4. The van der Waals surface area contributed by atoms with Crippen molar-refractivity contribution in [3.8, 4) is 39.8 Å². The molecule has 1 aliphatic heterocycles. The molecule has 15 nitrogen and oxygen atoms in total. The van der Waals surface area contributed by atoms with Gasteiger partial charge in [0, 0.05) is 78.1 Å². The molecule has 404 valence electrons. The second-order valence-electron chi connectivity index (χ2n) is 19.6. The molecule has 9 aromatic rings. The van der Waals surface area contributed by atoms with Gasteiger partial charge in [0.25, 0.3) is 0 Å². The van der Waals surface area contributed by atoms with E-state index in [2.05, 4.69) is 36.2 Å². The van der Waals surface area contributed by atoms with Crippen LogP contribution in [0.25, 0.3) is 39.5 Å². The minimum absolute atomic E-state index is 0.0799. The molecule has 6 aromatic heterocycles. The van der Waals surface area contributed by atoms with Crippen molar-refractivity contribution >= 4 is 51.5 Å². The highest BCUT2D eigenvalue weighted by Gasteiger charge is 2.52. The number of methoxy groups -OCH3 is 3. The van der Waals surface area contributed by atoms with Crippen molar-refractivity contribution in [1.29, 1.82) is 0 Å². The van der Waals surface area contributed by atoms with Crippen molar-refractivity contribution in [3.63, 3.8) is 0 Å². The molecule has 3 aromatic carbocycles. The Hall–Kier alpha value is -7.39. The average Bonchev–Trinajstić information content (AvgIpc) is 4.19. The molecule has 0 unspecified atom stereocenters. The van der Waals surface area contributed by atoms with Crippen LogP contribution < -0.4 is 30.7 Å². The summed E-state index contributed by atoms with van der Waals surface area (Å²) in [6.45, 7) is 14.9. The van der Waals surface area contributed by atoms with Gasteiger partial charge in [-0.15, -0.1) is 0 Å². The highest BCUT2D eigenvalue weighted by atomic mass is 79.9. The number of halogens is 4. The maximum atomic E-state index is 14.9. The Labute approximate surface area is 454 Å². The van der Waals surface area contributed by atoms with Crippen LogP contribution in [-0.2, 0) is 33.6 Å². The summed E-state index contributed by atoms with van der Waals surface area (Å²) in [6, 6.07) is 27.5. The van der Waals surface area contributed by atoms with E-state index in [-0.39, 0.29) is 41.7 Å². The van der Waals surface area contributed by atoms with Crippen molar-refractivity contribution < 1.29 is 46.2 Å². The van der Waals surface area contributed by atoms with Crippen molar-refractivity contribution in [2.45, 2.75) is 91.7 Å². The highest BCUT2D eigenvalue weighted by Crippen LogP contribution is 2.38. The van der Waals surface area contributed by atoms with E-state index in [1.807, 2.05) is 146 Å². The molecule has 77 heavy (non-hydrogen) atoms. The van der Waals surface area contributed by atoms with E-state index in [9.17, 15) is 18.0 Å². The number of hydrogen-bond donors (Lipinski definition) is 2. The minimum Gasteiger partial charge on any atom is -0.494 e. The van der Waals surface area contributed by atoms with Crippen LogP contribution >= 0.6 is 15.9 Å². The van der Waals surface area contributed by atoms with Gasteiger partial charge >= 0.3 is 13.2 Å². The monoisotopic (exact) mass is 1120 g/mol. The maximum Gasteiger partial charge on any atom is 0.495 e. The molecule has 1 aliphatic rings. The van der Waals surface area contributed by atoms with Crippen molar-refractivity contribution in [3.05, 3.63) is 167 Å². The molecule has 1 fully saturated rings. The number of nitrogens with one attached hydrogen (secondary N) is 1. The van der Waals surface area contributed by atoms with Gasteiger partial charge in [-0.2, -0.15) is 0 Å². The molecule has 0 saturated carbocycles. The average molecular weight is 1120 g/mol. The molecule has 0 aliphatic carbocycles. The molecule has 0 bridgehead atoms. The lowest BCUT2D eigenvalue weighted by Crippen LogP contribution is -2.41. The van der Waals surface area contributed by atoms with Crippen LogP contribution in [-0.4, -0.2) is 79.5 Å². The lowest BCUT2D eigenvalue weighted by atomic mass is 9.75. The summed E-state index contributed by atoms with van der Waals surface area (Å²) >= 11 is 3.29. The Balaban J connectivity index is 0.000000155. The van der Waals surface area contributed by atoms with Gasteiger partial charge < -0.3 is 52.5 Å². The standard InChI is InChI=1S/C19H29BFNO5.C16H15FN2O.C15H14FN3O.C7H5BrN2/c1-17(2,3)25-16(23)22-11-12-13(9-10-14(24-8)15(12)21)20-26-18(4,5)19(6,7)27-20;1-3-11-12(7-8-14(20-2)16(11)17)13-10-19-9-5-4-6-15(19)18-13;1-20-13-6-5-10(11(8-17)15(13)16)12-9-19-7-3-2-4-14(19)18-12;8-6-5-10-4-2-1-3-7(10)9-6/h9-10H,11H2,1-8H3,(H,22,23);4-10H,3H2,1-2H3;2-7,9H,8,17H2,1H3;1-5H. The second-order valence-corrected chi connectivity index (χ2v) is 20.4. The summed E-state index contributed by atoms with van der Waals surface area (Å²) < 4.78 is 82.5. The number of carbonyl (C=O) groups excluding carboxylic acids is 1. The third-order valence-corrected chi connectivity index (χ3v) is 13.2. The molecule has 1 saturated heterocycles. The number of aromatic nitrogens is 6. The normalized spacial score (nSPS) is 13.5. The number of hydrogen-bond acceptors (Lipinski definition) is 11. The Bertz CT molecular complexity index is 3260. The second kappa shape index (κ2) is 24.3. The van der Waals surface area contributed by atoms with E-state index in [0.717, 1.165) is 32.8 Å². The molecule has 10 rings (SSSR count). The zero-order chi connectivity index (χ0) is 55.8. The fraction of sp³-hybridized carbons (Fsp3) is 0.298. The summed E-state index contributed by atoms with van der Waals surface area (Å²) in [5, 5.41) is 2.59. The van der Waals surface area contributed by atoms with Crippen LogP contribution in [0, 0.1) is 17.5 Å². The van der Waals surface area contributed by atoms with Crippen LogP contribution in [0.4, 0.5) is 18.0 Å². The number of carbonyl (C=O) groups is 1. The Morgan fingerprint density at radius 3 is 1.51 bits per heavy atom. The van der Waals surface area contributed by atoms with Crippen LogP contribution in [0.15, 0.2) is 133 Å². The first kappa shape index (κ1) is 57.3. The fourth-order valence-corrected chi connectivity index (χ4v) is 8.59. The SMILES string of the molecule is Brc1cn2ccccc2n1.CCc1c(-c2cn3ccccc3n2)ccc(OC)c1F.COc1ccc(-c2cn3ccccc3n2)c(CN)c1F.COc1ccc(B2OC(C)(C)C(C)(C)O2)c(CNC(=O)OC(C)(C)C)c1F. The zero-order valence-electron chi connectivity index (χ0n) is 45.0. The van der Waals surface area contributed by atoms with Gasteiger partial charge in [-0.25, -0.2) is 32.9 Å². The van der Waals surface area contributed by atoms with E-state index >= 15 is 0 Å². The first-order valence-corrected chi connectivity index (χ1v) is 25.5. The largest absolute Gasteiger partial charge is 0.495 e. The van der Waals surface area contributed by atoms with Gasteiger partial charge in [0.2, 0.25) is 0 Å². The van der Waals surface area contributed by atoms with Gasteiger partial charge in [-0.3, -0.25) is 0 Å². The van der Waals surface area contributed by atoms with Crippen LogP contribution in [0.1, 0.15) is 72.1 Å². The summed E-state index contributed by atoms with van der Waals surface area (Å²) in [6.07, 6.45) is 11.4. The topological polar surface area (TPSA) is 162 Å². The molecule has 7 heterocycles. The smallest absolute Gasteiger partial charge is 0.494 e. The van der Waals surface area contributed by atoms with E-state index in [1.54, 1.807) is 45.0 Å².